The molecule has 3 aliphatic rings. The fraction of sp³-hybridized carbons (Fsp3) is 0.846. The standard InChI is InChI=1S/C13H21N3OS/c14-11(18)13(4-5-13)12(17)15-9-3-7-16-6-1-2-10(16)8-9/h9-10H,1-8H2,(H2,14,18)(H,15,17). The van der Waals surface area contributed by atoms with Crippen LogP contribution in [0.3, 0.4) is 0 Å². The maximum atomic E-state index is 12.2. The fourth-order valence-electron chi connectivity index (χ4n) is 3.39. The quantitative estimate of drug-likeness (QED) is 0.743. The number of amides is 1. The van der Waals surface area contributed by atoms with Crippen molar-refractivity contribution in [1.29, 1.82) is 0 Å². The van der Waals surface area contributed by atoms with E-state index in [2.05, 4.69) is 10.2 Å². The van der Waals surface area contributed by atoms with Gasteiger partial charge in [0, 0.05) is 18.6 Å². The van der Waals surface area contributed by atoms with E-state index in [1.807, 2.05) is 0 Å². The van der Waals surface area contributed by atoms with Crippen LogP contribution >= 0.6 is 12.2 Å². The van der Waals surface area contributed by atoms with Gasteiger partial charge < -0.3 is 16.0 Å². The average molecular weight is 267 g/mol. The van der Waals surface area contributed by atoms with E-state index < -0.39 is 5.41 Å². The smallest absolute Gasteiger partial charge is 0.233 e. The Hall–Kier alpha value is -0.680. The van der Waals surface area contributed by atoms with Gasteiger partial charge in [-0.2, -0.15) is 0 Å². The number of nitrogens with two attached hydrogens (primary N) is 1. The molecule has 3 rings (SSSR count). The summed E-state index contributed by atoms with van der Waals surface area (Å²) in [5.74, 6) is 0.0754. The molecule has 2 saturated heterocycles. The second kappa shape index (κ2) is 4.46. The first-order valence-corrected chi connectivity index (χ1v) is 7.37. The summed E-state index contributed by atoms with van der Waals surface area (Å²) in [6, 6.07) is 1.01. The second-order valence-corrected chi connectivity index (χ2v) is 6.41. The zero-order valence-electron chi connectivity index (χ0n) is 10.7. The highest BCUT2D eigenvalue weighted by Crippen LogP contribution is 2.46. The number of carbonyl (C=O) groups is 1. The van der Waals surface area contributed by atoms with Crippen molar-refractivity contribution in [3.63, 3.8) is 0 Å². The van der Waals surface area contributed by atoms with Gasteiger partial charge in [0.25, 0.3) is 0 Å². The van der Waals surface area contributed by atoms with Crippen molar-refractivity contribution in [3.05, 3.63) is 0 Å². The number of carbonyl (C=O) groups excluding carboxylic acids is 1. The molecule has 0 spiro atoms. The molecule has 2 aliphatic heterocycles. The molecule has 1 aliphatic carbocycles. The first-order chi connectivity index (χ1) is 8.62. The summed E-state index contributed by atoms with van der Waals surface area (Å²) in [6.45, 7) is 2.36. The number of thiocarbonyl (C=S) groups is 1. The SMILES string of the molecule is NC(=S)C1(C(=O)NC2CCN3CCCC3C2)CC1. The van der Waals surface area contributed by atoms with Gasteiger partial charge in [0.05, 0.1) is 10.4 Å². The molecule has 18 heavy (non-hydrogen) atoms. The van der Waals surface area contributed by atoms with Gasteiger partial charge in [-0.05, 0) is 45.1 Å². The van der Waals surface area contributed by atoms with Crippen LogP contribution < -0.4 is 11.1 Å². The summed E-state index contributed by atoms with van der Waals surface area (Å²) in [6.07, 6.45) is 6.41. The third kappa shape index (κ3) is 2.03. The van der Waals surface area contributed by atoms with Crippen LogP contribution in [0.2, 0.25) is 0 Å². The van der Waals surface area contributed by atoms with E-state index in [0.717, 1.165) is 32.2 Å². The summed E-state index contributed by atoms with van der Waals surface area (Å²) in [5.41, 5.74) is 5.19. The van der Waals surface area contributed by atoms with Crippen molar-refractivity contribution in [2.45, 2.75) is 50.6 Å². The number of rotatable bonds is 3. The number of hydrogen-bond donors (Lipinski definition) is 2. The lowest BCUT2D eigenvalue weighted by Gasteiger charge is -2.35. The highest BCUT2D eigenvalue weighted by molar-refractivity contribution is 7.80. The molecule has 2 unspecified atom stereocenters. The summed E-state index contributed by atoms with van der Waals surface area (Å²) < 4.78 is 0. The molecule has 1 saturated carbocycles. The number of piperidine rings is 1. The third-order valence-corrected chi connectivity index (χ3v) is 5.20. The predicted octanol–water partition coefficient (Wildman–Crippen LogP) is 0.796. The minimum absolute atomic E-state index is 0.0754. The molecular formula is C13H21N3OS. The molecule has 0 radical (unpaired) electrons. The molecule has 4 nitrogen and oxygen atoms in total. The Morgan fingerprint density at radius 3 is 2.78 bits per heavy atom. The van der Waals surface area contributed by atoms with Crippen molar-refractivity contribution in [2.24, 2.45) is 11.1 Å². The van der Waals surface area contributed by atoms with E-state index in [-0.39, 0.29) is 5.91 Å². The van der Waals surface area contributed by atoms with Crippen molar-refractivity contribution in [3.8, 4) is 0 Å². The van der Waals surface area contributed by atoms with Gasteiger partial charge in [0.2, 0.25) is 5.91 Å². The van der Waals surface area contributed by atoms with E-state index in [1.165, 1.54) is 19.4 Å². The first kappa shape index (κ1) is 12.4. The summed E-state index contributed by atoms with van der Waals surface area (Å²) >= 11 is 5.02. The zero-order valence-corrected chi connectivity index (χ0v) is 11.5. The lowest BCUT2D eigenvalue weighted by atomic mass is 9.96. The van der Waals surface area contributed by atoms with E-state index in [9.17, 15) is 4.79 Å². The van der Waals surface area contributed by atoms with E-state index in [4.69, 9.17) is 18.0 Å². The Bertz CT molecular complexity index is 380. The van der Waals surface area contributed by atoms with E-state index in [1.54, 1.807) is 0 Å². The number of nitrogens with zero attached hydrogens (tertiary/aromatic N) is 1. The average Bonchev–Trinajstić information content (AvgIpc) is 3.03. The molecule has 5 heteroatoms. The highest BCUT2D eigenvalue weighted by atomic mass is 32.1. The summed E-state index contributed by atoms with van der Waals surface area (Å²) in [7, 11) is 0. The van der Waals surface area contributed by atoms with Gasteiger partial charge in [0.1, 0.15) is 0 Å². The predicted molar refractivity (Wildman–Crippen MR) is 74.2 cm³/mol. The van der Waals surface area contributed by atoms with Crippen LogP contribution in [0.4, 0.5) is 0 Å². The van der Waals surface area contributed by atoms with Crippen molar-refractivity contribution >= 4 is 23.1 Å². The van der Waals surface area contributed by atoms with Crippen LogP contribution in [0, 0.1) is 5.41 Å². The molecule has 3 fully saturated rings. The number of fused-ring (bicyclic) bond motifs is 1. The molecule has 0 aromatic rings. The lowest BCUT2D eigenvalue weighted by molar-refractivity contribution is -0.125. The number of hydrogen-bond acceptors (Lipinski definition) is 3. The van der Waals surface area contributed by atoms with Crippen LogP contribution in [0.5, 0.6) is 0 Å². The van der Waals surface area contributed by atoms with Crippen LogP contribution in [0.25, 0.3) is 0 Å². The Balaban J connectivity index is 1.57. The Morgan fingerprint density at radius 1 is 1.33 bits per heavy atom. The normalized spacial score (nSPS) is 33.8. The maximum absolute atomic E-state index is 12.2. The van der Waals surface area contributed by atoms with Gasteiger partial charge in [-0.25, -0.2) is 0 Å². The first-order valence-electron chi connectivity index (χ1n) is 6.97. The highest BCUT2D eigenvalue weighted by Gasteiger charge is 2.53. The van der Waals surface area contributed by atoms with E-state index >= 15 is 0 Å². The molecule has 100 valence electrons. The Kier molecular flexibility index (Phi) is 3.06. The minimum Gasteiger partial charge on any atom is -0.392 e. The third-order valence-electron chi connectivity index (χ3n) is 4.81. The largest absolute Gasteiger partial charge is 0.392 e. The van der Waals surface area contributed by atoms with Gasteiger partial charge in [0.15, 0.2) is 0 Å². The molecule has 0 aromatic carbocycles. The molecule has 0 aromatic heterocycles. The van der Waals surface area contributed by atoms with Gasteiger partial charge in [-0.1, -0.05) is 12.2 Å². The molecule has 3 N–H and O–H groups in total. The van der Waals surface area contributed by atoms with Crippen molar-refractivity contribution in [1.82, 2.24) is 10.2 Å². The van der Waals surface area contributed by atoms with Crippen LogP contribution in [-0.2, 0) is 4.79 Å². The van der Waals surface area contributed by atoms with Crippen LogP contribution in [0.15, 0.2) is 0 Å². The number of nitrogens with one attached hydrogen (secondary N) is 1. The Morgan fingerprint density at radius 2 is 2.11 bits per heavy atom. The fourth-order valence-corrected chi connectivity index (χ4v) is 3.69. The second-order valence-electron chi connectivity index (χ2n) is 5.97. The summed E-state index contributed by atoms with van der Waals surface area (Å²) in [4.78, 5) is 15.2. The van der Waals surface area contributed by atoms with Crippen molar-refractivity contribution < 1.29 is 4.79 Å². The summed E-state index contributed by atoms with van der Waals surface area (Å²) in [5, 5.41) is 3.18. The van der Waals surface area contributed by atoms with Crippen molar-refractivity contribution in [2.75, 3.05) is 13.1 Å². The van der Waals surface area contributed by atoms with Crippen LogP contribution in [-0.4, -0.2) is 41.0 Å². The molecule has 0 bridgehead atoms. The molecule has 2 heterocycles. The lowest BCUT2D eigenvalue weighted by Crippen LogP contribution is -2.50. The van der Waals surface area contributed by atoms with Crippen LogP contribution in [0.1, 0.15) is 38.5 Å². The molecule has 2 atom stereocenters. The minimum atomic E-state index is -0.498. The zero-order chi connectivity index (χ0) is 12.8. The van der Waals surface area contributed by atoms with Gasteiger partial charge >= 0.3 is 0 Å². The molecule has 1 amide bonds. The van der Waals surface area contributed by atoms with E-state index in [0.29, 0.717) is 17.1 Å². The van der Waals surface area contributed by atoms with Gasteiger partial charge in [-0.3, -0.25) is 4.79 Å². The van der Waals surface area contributed by atoms with Gasteiger partial charge in [-0.15, -0.1) is 0 Å². The molecular weight excluding hydrogens is 246 g/mol. The topological polar surface area (TPSA) is 58.4 Å². The Labute approximate surface area is 113 Å². The monoisotopic (exact) mass is 267 g/mol. The maximum Gasteiger partial charge on any atom is 0.233 e.